The molecular formula is C9H13N3. The second kappa shape index (κ2) is 3.34. The Labute approximate surface area is 72.8 Å². The summed E-state index contributed by atoms with van der Waals surface area (Å²) in [5.41, 5.74) is 0.837. The molecule has 0 spiro atoms. The first-order valence-electron chi connectivity index (χ1n) is 3.88. The van der Waals surface area contributed by atoms with Crippen LogP contribution in [0.4, 0.5) is 0 Å². The smallest absolute Gasteiger partial charge is 0.157 e. The van der Waals surface area contributed by atoms with Gasteiger partial charge in [-0.1, -0.05) is 13.2 Å². The van der Waals surface area contributed by atoms with E-state index in [-0.39, 0.29) is 0 Å². The summed E-state index contributed by atoms with van der Waals surface area (Å²) in [5.74, 6) is 0.792. The van der Waals surface area contributed by atoms with Crippen LogP contribution in [0.3, 0.4) is 0 Å². The second-order valence-electron chi connectivity index (χ2n) is 2.84. The van der Waals surface area contributed by atoms with Gasteiger partial charge in [0.25, 0.3) is 0 Å². The summed E-state index contributed by atoms with van der Waals surface area (Å²) in [4.78, 5) is 4.09. The maximum Gasteiger partial charge on any atom is 0.157 e. The van der Waals surface area contributed by atoms with Crippen molar-refractivity contribution in [1.29, 1.82) is 0 Å². The van der Waals surface area contributed by atoms with Crippen molar-refractivity contribution in [1.82, 2.24) is 5.01 Å². The molecule has 0 atom stereocenters. The van der Waals surface area contributed by atoms with E-state index in [4.69, 9.17) is 0 Å². The molecule has 1 heterocycles. The first-order chi connectivity index (χ1) is 5.66. The van der Waals surface area contributed by atoms with Crippen molar-refractivity contribution in [2.75, 3.05) is 0 Å². The molecule has 0 N–H and O–H groups in total. The van der Waals surface area contributed by atoms with Gasteiger partial charge in [0.15, 0.2) is 5.84 Å². The molecule has 1 aliphatic rings. The maximum absolute atomic E-state index is 4.15. The number of hydrogen-bond acceptors (Lipinski definition) is 2. The summed E-state index contributed by atoms with van der Waals surface area (Å²) in [6.45, 7) is 11.5. The van der Waals surface area contributed by atoms with Gasteiger partial charge in [-0.05, 0) is 13.8 Å². The van der Waals surface area contributed by atoms with Gasteiger partial charge in [0.1, 0.15) is 0 Å². The highest BCUT2D eigenvalue weighted by atomic mass is 15.5. The van der Waals surface area contributed by atoms with E-state index >= 15 is 0 Å². The minimum atomic E-state index is 0.305. The summed E-state index contributed by atoms with van der Waals surface area (Å²) >= 11 is 0. The largest absolute Gasteiger partial charge is 0.245 e. The van der Waals surface area contributed by atoms with Crippen molar-refractivity contribution in [2.24, 2.45) is 10.1 Å². The quantitative estimate of drug-likeness (QED) is 0.610. The average molecular weight is 163 g/mol. The van der Waals surface area contributed by atoms with E-state index in [0.717, 1.165) is 11.4 Å². The Morgan fingerprint density at radius 1 is 1.67 bits per heavy atom. The van der Waals surface area contributed by atoms with Gasteiger partial charge in [-0.15, -0.1) is 0 Å². The number of aliphatic imine (C=N–C) groups is 1. The van der Waals surface area contributed by atoms with Crippen LogP contribution < -0.4 is 0 Å². The number of hydrogen-bond donors (Lipinski definition) is 0. The van der Waals surface area contributed by atoms with Crippen molar-refractivity contribution in [3.05, 3.63) is 24.9 Å². The molecule has 0 fully saturated rings. The van der Waals surface area contributed by atoms with Crippen LogP contribution in [0.5, 0.6) is 0 Å². The lowest BCUT2D eigenvalue weighted by molar-refractivity contribution is 0.378. The Morgan fingerprint density at radius 2 is 2.33 bits per heavy atom. The first kappa shape index (κ1) is 8.71. The van der Waals surface area contributed by atoms with E-state index in [1.807, 2.05) is 5.01 Å². The fraction of sp³-hybridized carbons (Fsp3) is 0.333. The van der Waals surface area contributed by atoms with Crippen molar-refractivity contribution in [2.45, 2.75) is 19.9 Å². The minimum absolute atomic E-state index is 0.305. The Kier molecular flexibility index (Phi) is 2.43. The summed E-state index contributed by atoms with van der Waals surface area (Å²) in [5, 5.41) is 5.97. The Hall–Kier alpha value is -1.38. The molecule has 0 unspecified atom stereocenters. The minimum Gasteiger partial charge on any atom is -0.245 e. The zero-order valence-electron chi connectivity index (χ0n) is 7.49. The molecule has 0 saturated heterocycles. The summed E-state index contributed by atoms with van der Waals surface area (Å²) in [7, 11) is 0. The van der Waals surface area contributed by atoms with E-state index in [1.54, 1.807) is 6.21 Å². The van der Waals surface area contributed by atoms with Gasteiger partial charge in [0.2, 0.25) is 0 Å². The maximum atomic E-state index is 4.15. The third kappa shape index (κ3) is 1.44. The van der Waals surface area contributed by atoms with Gasteiger partial charge in [0, 0.05) is 17.8 Å². The van der Waals surface area contributed by atoms with E-state index in [9.17, 15) is 0 Å². The zero-order chi connectivity index (χ0) is 9.14. The number of rotatable bonds is 2. The van der Waals surface area contributed by atoms with Crippen LogP contribution in [0.2, 0.25) is 0 Å². The molecule has 12 heavy (non-hydrogen) atoms. The van der Waals surface area contributed by atoms with E-state index in [1.165, 1.54) is 6.20 Å². The molecule has 3 heteroatoms. The Balaban J connectivity index is 2.91. The highest BCUT2D eigenvalue weighted by Crippen LogP contribution is 2.12. The van der Waals surface area contributed by atoms with Crippen molar-refractivity contribution >= 4 is 12.1 Å². The molecule has 0 aliphatic carbocycles. The average Bonchev–Trinajstić information content (AvgIpc) is 2.34. The highest BCUT2D eigenvalue weighted by Gasteiger charge is 2.20. The molecule has 3 nitrogen and oxygen atoms in total. The topological polar surface area (TPSA) is 28.0 Å². The van der Waals surface area contributed by atoms with Crippen LogP contribution in [0, 0.1) is 0 Å². The third-order valence-electron chi connectivity index (χ3n) is 1.54. The lowest BCUT2D eigenvalue weighted by Gasteiger charge is -2.18. The van der Waals surface area contributed by atoms with Gasteiger partial charge >= 0.3 is 0 Å². The molecule has 0 bridgehead atoms. The molecule has 0 saturated carbocycles. The molecule has 0 aromatic heterocycles. The van der Waals surface area contributed by atoms with Crippen LogP contribution in [-0.2, 0) is 0 Å². The Bertz CT molecular complexity index is 261. The first-order valence-corrected chi connectivity index (χ1v) is 3.88. The van der Waals surface area contributed by atoms with Crippen LogP contribution in [0.15, 0.2) is 35.0 Å². The molecule has 1 rings (SSSR count). The number of nitrogens with zero attached hydrogens (tertiary/aromatic N) is 3. The lowest BCUT2D eigenvalue weighted by atomic mass is 10.3. The van der Waals surface area contributed by atoms with Gasteiger partial charge in [-0.25, -0.2) is 10.0 Å². The fourth-order valence-electron chi connectivity index (χ4n) is 0.998. The molecule has 0 radical (unpaired) electrons. The van der Waals surface area contributed by atoms with Crippen molar-refractivity contribution in [3.63, 3.8) is 0 Å². The molecule has 1 aliphatic heterocycles. The van der Waals surface area contributed by atoms with Crippen molar-refractivity contribution < 1.29 is 0 Å². The Morgan fingerprint density at radius 3 is 2.83 bits per heavy atom. The summed E-state index contributed by atoms with van der Waals surface area (Å²) in [6, 6.07) is 0.305. The predicted molar refractivity (Wildman–Crippen MR) is 52.2 cm³/mol. The van der Waals surface area contributed by atoms with Crippen molar-refractivity contribution in [3.8, 4) is 0 Å². The van der Waals surface area contributed by atoms with Gasteiger partial charge in [-0.3, -0.25) is 0 Å². The molecule has 0 amide bonds. The summed E-state index contributed by atoms with van der Waals surface area (Å²) < 4.78 is 0. The van der Waals surface area contributed by atoms with E-state index in [0.29, 0.717) is 6.04 Å². The third-order valence-corrected chi connectivity index (χ3v) is 1.54. The molecule has 0 aromatic rings. The summed E-state index contributed by atoms with van der Waals surface area (Å²) in [6.07, 6.45) is 3.22. The molecule has 64 valence electrons. The highest BCUT2D eigenvalue weighted by molar-refractivity contribution is 6.17. The fourth-order valence-corrected chi connectivity index (χ4v) is 0.998. The zero-order valence-corrected chi connectivity index (χ0v) is 7.49. The normalized spacial score (nSPS) is 19.8. The van der Waals surface area contributed by atoms with Crippen LogP contribution >= 0.6 is 0 Å². The SMILES string of the molecule is C=CN=C1C(=C)C=NN1C(C)C. The predicted octanol–water partition coefficient (Wildman–Crippen LogP) is 1.79. The van der Waals surface area contributed by atoms with Crippen LogP contribution in [0.25, 0.3) is 0 Å². The molecular weight excluding hydrogens is 150 g/mol. The van der Waals surface area contributed by atoms with Gasteiger partial charge in [-0.2, -0.15) is 5.10 Å². The van der Waals surface area contributed by atoms with Gasteiger partial charge in [0.05, 0.1) is 6.21 Å². The monoisotopic (exact) mass is 163 g/mol. The lowest BCUT2D eigenvalue weighted by Crippen LogP contribution is -2.28. The van der Waals surface area contributed by atoms with E-state index < -0.39 is 0 Å². The van der Waals surface area contributed by atoms with E-state index in [2.05, 4.69) is 37.1 Å². The number of amidine groups is 1. The standard InChI is InChI=1S/C9H13N3/c1-5-10-9-8(4)6-11-12(9)7(2)3/h5-7H,1,4H2,2-3H3. The number of hydrazone groups is 1. The van der Waals surface area contributed by atoms with Crippen LogP contribution in [0.1, 0.15) is 13.8 Å². The van der Waals surface area contributed by atoms with Crippen LogP contribution in [-0.4, -0.2) is 23.1 Å². The second-order valence-corrected chi connectivity index (χ2v) is 2.84. The van der Waals surface area contributed by atoms with Gasteiger partial charge < -0.3 is 0 Å². The molecule has 0 aromatic carbocycles.